The largest absolute Gasteiger partial charge is 0.516 e. The van der Waals surface area contributed by atoms with Crippen molar-refractivity contribution in [2.24, 2.45) is 0 Å². The van der Waals surface area contributed by atoms with Crippen LogP contribution >= 0.6 is 0 Å². The van der Waals surface area contributed by atoms with Crippen molar-refractivity contribution in [3.05, 3.63) is 66.1 Å². The van der Waals surface area contributed by atoms with Crippen molar-refractivity contribution >= 4 is 29.9 Å². The van der Waals surface area contributed by atoms with Gasteiger partial charge in [0.1, 0.15) is 24.2 Å². The van der Waals surface area contributed by atoms with Gasteiger partial charge >= 0.3 is 24.4 Å². The van der Waals surface area contributed by atoms with Gasteiger partial charge in [0.2, 0.25) is 5.89 Å². The molecule has 0 atom stereocenters. The summed E-state index contributed by atoms with van der Waals surface area (Å²) < 4.78 is 60.0. The van der Waals surface area contributed by atoms with Crippen molar-refractivity contribution in [1.29, 1.82) is 0 Å². The fourth-order valence-electron chi connectivity index (χ4n) is 3.95. The van der Waals surface area contributed by atoms with Gasteiger partial charge in [-0.2, -0.15) is 18.3 Å². The number of esters is 1. The Labute approximate surface area is 270 Å². The van der Waals surface area contributed by atoms with Gasteiger partial charge in [-0.3, -0.25) is 19.8 Å². The monoisotopic (exact) mass is 673 g/mol. The van der Waals surface area contributed by atoms with Gasteiger partial charge in [-0.05, 0) is 52.8 Å². The van der Waals surface area contributed by atoms with E-state index in [4.69, 9.17) is 13.9 Å². The molecule has 15 nitrogen and oxygen atoms in total. The third kappa shape index (κ3) is 9.60. The molecule has 4 rings (SSSR count). The second-order valence-corrected chi connectivity index (χ2v) is 11.3. The van der Waals surface area contributed by atoms with E-state index < -0.39 is 48.6 Å². The van der Waals surface area contributed by atoms with Crippen LogP contribution in [-0.2, 0) is 20.8 Å². The van der Waals surface area contributed by atoms with Crippen LogP contribution < -0.4 is 10.2 Å². The molecule has 0 aliphatic carbocycles. The van der Waals surface area contributed by atoms with E-state index in [1.54, 1.807) is 13.8 Å². The standard InChI is InChI=1S/C30H30F3N7O8/c1-16(2)46-28(44)47-26(42)19-8-18(10-34-11-19)23-20(13-37-39-23)12-36-24(41)21-14-45-25(38-21)17-6-7-35-22(9-17)40(15-30(31,32)33)27(43)48-29(3,4)5/h6-11,13-14,16H,12,15H2,1-5H3,(H,36,41)(H,37,39). The molecule has 18 heteroatoms. The van der Waals surface area contributed by atoms with E-state index in [1.807, 2.05) is 0 Å². The highest BCUT2D eigenvalue weighted by molar-refractivity contribution is 5.96. The fraction of sp³-hybridized carbons (Fsp3) is 0.333. The highest BCUT2D eigenvalue weighted by Crippen LogP contribution is 2.27. The van der Waals surface area contributed by atoms with Crippen LogP contribution in [-0.4, -0.2) is 73.7 Å². The first-order valence-electron chi connectivity index (χ1n) is 14.2. The van der Waals surface area contributed by atoms with Gasteiger partial charge < -0.3 is 23.9 Å². The number of alkyl halides is 3. The lowest BCUT2D eigenvalue weighted by Crippen LogP contribution is -2.42. The molecule has 0 fully saturated rings. The molecule has 0 bridgehead atoms. The number of carbonyl (C=O) groups excluding carboxylic acids is 4. The van der Waals surface area contributed by atoms with Crippen LogP contribution in [0.5, 0.6) is 0 Å². The van der Waals surface area contributed by atoms with E-state index in [0.717, 1.165) is 18.5 Å². The smallest absolute Gasteiger partial charge is 0.444 e. The molecule has 0 aromatic carbocycles. The number of H-pyrrole nitrogens is 1. The predicted octanol–water partition coefficient (Wildman–Crippen LogP) is 5.46. The number of anilines is 1. The average Bonchev–Trinajstić information content (AvgIpc) is 3.68. The van der Waals surface area contributed by atoms with Crippen molar-refractivity contribution in [3.8, 4) is 22.7 Å². The highest BCUT2D eigenvalue weighted by atomic mass is 19.4. The van der Waals surface area contributed by atoms with Gasteiger partial charge in [0, 0.05) is 41.8 Å². The van der Waals surface area contributed by atoms with Gasteiger partial charge in [-0.1, -0.05) is 0 Å². The Morgan fingerprint density at radius 2 is 1.81 bits per heavy atom. The number of rotatable bonds is 9. The Kier molecular flexibility index (Phi) is 10.4. The summed E-state index contributed by atoms with van der Waals surface area (Å²) in [5, 5.41) is 9.39. The minimum Gasteiger partial charge on any atom is -0.444 e. The first kappa shape index (κ1) is 35.1. The SMILES string of the molecule is CC(C)OC(=O)OC(=O)c1cncc(-c2[nH]ncc2CNC(=O)c2coc(-c3ccnc(N(CC(F)(F)F)C(=O)OC(C)(C)C)c3)n2)c1. The summed E-state index contributed by atoms with van der Waals surface area (Å²) >= 11 is 0. The maximum absolute atomic E-state index is 13.3. The fourth-order valence-corrected chi connectivity index (χ4v) is 3.95. The Bertz CT molecular complexity index is 1800. The number of oxazole rings is 1. The second-order valence-electron chi connectivity index (χ2n) is 11.3. The minimum absolute atomic E-state index is 0.0418. The third-order valence-electron chi connectivity index (χ3n) is 5.88. The molecule has 0 aliphatic heterocycles. The van der Waals surface area contributed by atoms with Crippen LogP contribution in [0.4, 0.5) is 28.6 Å². The predicted molar refractivity (Wildman–Crippen MR) is 159 cm³/mol. The molecule has 48 heavy (non-hydrogen) atoms. The number of nitrogens with one attached hydrogen (secondary N) is 2. The van der Waals surface area contributed by atoms with E-state index >= 15 is 0 Å². The van der Waals surface area contributed by atoms with Gasteiger partial charge in [-0.15, -0.1) is 0 Å². The van der Waals surface area contributed by atoms with Crippen LogP contribution in [0.15, 0.2) is 53.7 Å². The summed E-state index contributed by atoms with van der Waals surface area (Å²) in [6.07, 6.45) is -1.40. The van der Waals surface area contributed by atoms with Crippen molar-refractivity contribution in [2.75, 3.05) is 11.4 Å². The summed E-state index contributed by atoms with van der Waals surface area (Å²) in [6.45, 7) is 6.00. The molecule has 2 amide bonds. The lowest BCUT2D eigenvalue weighted by molar-refractivity contribution is -0.119. The molecular weight excluding hydrogens is 643 g/mol. The molecule has 4 heterocycles. The van der Waals surface area contributed by atoms with E-state index in [1.165, 1.54) is 51.5 Å². The summed E-state index contributed by atoms with van der Waals surface area (Å²) in [4.78, 5) is 61.9. The molecule has 0 radical (unpaired) electrons. The second kappa shape index (κ2) is 14.3. The average molecular weight is 674 g/mol. The van der Waals surface area contributed by atoms with E-state index in [2.05, 4.69) is 35.2 Å². The zero-order valence-electron chi connectivity index (χ0n) is 26.2. The number of nitrogens with zero attached hydrogens (tertiary/aromatic N) is 5. The molecule has 0 saturated heterocycles. The Hall–Kier alpha value is -5.81. The van der Waals surface area contributed by atoms with Gasteiger partial charge in [0.15, 0.2) is 5.69 Å². The summed E-state index contributed by atoms with van der Waals surface area (Å²) in [5.74, 6) is -2.16. The molecule has 254 valence electrons. The van der Waals surface area contributed by atoms with Gasteiger partial charge in [-0.25, -0.2) is 24.4 Å². The zero-order chi connectivity index (χ0) is 35.2. The van der Waals surface area contributed by atoms with E-state index in [-0.39, 0.29) is 35.1 Å². The first-order chi connectivity index (χ1) is 22.5. The van der Waals surface area contributed by atoms with Crippen LogP contribution in [0.3, 0.4) is 0 Å². The van der Waals surface area contributed by atoms with E-state index in [0.29, 0.717) is 21.7 Å². The Morgan fingerprint density at radius 3 is 2.50 bits per heavy atom. The van der Waals surface area contributed by atoms with Gasteiger partial charge in [0.05, 0.1) is 23.6 Å². The maximum atomic E-state index is 13.3. The van der Waals surface area contributed by atoms with Crippen molar-refractivity contribution in [3.63, 3.8) is 0 Å². The molecule has 0 unspecified atom stereocenters. The topological polar surface area (TPSA) is 192 Å². The van der Waals surface area contributed by atoms with Crippen LogP contribution in [0.1, 0.15) is 61.0 Å². The summed E-state index contributed by atoms with van der Waals surface area (Å²) in [7, 11) is 0. The number of aromatic amines is 1. The maximum Gasteiger partial charge on any atom is 0.516 e. The number of hydrogen-bond acceptors (Lipinski definition) is 12. The number of ether oxygens (including phenoxy) is 3. The minimum atomic E-state index is -4.76. The molecule has 4 aromatic rings. The number of hydrogen-bond donors (Lipinski definition) is 2. The van der Waals surface area contributed by atoms with Crippen LogP contribution in [0.25, 0.3) is 22.7 Å². The third-order valence-corrected chi connectivity index (χ3v) is 5.88. The number of halogens is 3. The molecular formula is C30H30F3N7O8. The number of aromatic nitrogens is 5. The molecule has 0 spiro atoms. The van der Waals surface area contributed by atoms with Crippen molar-refractivity contribution in [1.82, 2.24) is 30.5 Å². The number of pyridine rings is 2. The van der Waals surface area contributed by atoms with Gasteiger partial charge in [0.25, 0.3) is 5.91 Å². The lowest BCUT2D eigenvalue weighted by Gasteiger charge is -2.27. The van der Waals surface area contributed by atoms with Crippen molar-refractivity contribution in [2.45, 2.75) is 59.0 Å². The number of carbonyl (C=O) groups is 4. The zero-order valence-corrected chi connectivity index (χ0v) is 26.2. The lowest BCUT2D eigenvalue weighted by atomic mass is 10.1. The van der Waals surface area contributed by atoms with Crippen molar-refractivity contribution < 1.29 is 51.0 Å². The Balaban J connectivity index is 1.46. The molecule has 0 saturated carbocycles. The summed E-state index contributed by atoms with van der Waals surface area (Å²) in [6, 6.07) is 3.93. The van der Waals surface area contributed by atoms with E-state index in [9.17, 15) is 32.3 Å². The highest BCUT2D eigenvalue weighted by Gasteiger charge is 2.36. The molecule has 4 aromatic heterocycles. The molecule has 2 N–H and O–H groups in total. The quantitative estimate of drug-likeness (QED) is 0.169. The van der Waals surface area contributed by atoms with Crippen LogP contribution in [0, 0.1) is 0 Å². The Morgan fingerprint density at radius 1 is 1.06 bits per heavy atom. The molecule has 0 aliphatic rings. The first-order valence-corrected chi connectivity index (χ1v) is 14.2. The van der Waals surface area contributed by atoms with Crippen LogP contribution in [0.2, 0.25) is 0 Å². The number of amides is 2. The normalized spacial score (nSPS) is 11.6. The summed E-state index contributed by atoms with van der Waals surface area (Å²) in [5.41, 5.74) is 0.152.